The van der Waals surface area contributed by atoms with E-state index in [2.05, 4.69) is 17.2 Å². The predicted molar refractivity (Wildman–Crippen MR) is 77.1 cm³/mol. The molecule has 2 aliphatic rings. The summed E-state index contributed by atoms with van der Waals surface area (Å²) in [4.78, 5) is 29.4. The molecule has 108 valence electrons. The molecule has 20 heavy (non-hydrogen) atoms. The van der Waals surface area contributed by atoms with Crippen molar-refractivity contribution in [3.8, 4) is 0 Å². The first-order valence-corrected chi connectivity index (χ1v) is 7.43. The zero-order valence-electron chi connectivity index (χ0n) is 11.9. The van der Waals surface area contributed by atoms with Gasteiger partial charge in [-0.2, -0.15) is 0 Å². The van der Waals surface area contributed by atoms with Crippen LogP contribution < -0.4 is 10.9 Å². The lowest BCUT2D eigenvalue weighted by Crippen LogP contribution is -2.52. The van der Waals surface area contributed by atoms with E-state index in [4.69, 9.17) is 0 Å². The molecule has 5 heteroatoms. The molecule has 2 N–H and O–H groups in total. The molecule has 1 aromatic heterocycles. The largest absolute Gasteiger partial charge is 0.336 e. The molecule has 0 saturated carbocycles. The first-order chi connectivity index (χ1) is 9.65. The molecule has 1 atom stereocenters. The van der Waals surface area contributed by atoms with Crippen LogP contribution in [0.15, 0.2) is 10.9 Å². The molecule has 1 saturated heterocycles. The molecule has 5 nitrogen and oxygen atoms in total. The van der Waals surface area contributed by atoms with E-state index in [-0.39, 0.29) is 17.5 Å². The molecule has 1 amide bonds. The summed E-state index contributed by atoms with van der Waals surface area (Å²) < 4.78 is 0. The van der Waals surface area contributed by atoms with E-state index in [1.54, 1.807) is 4.90 Å². The number of H-pyrrole nitrogens is 1. The first kappa shape index (κ1) is 13.4. The van der Waals surface area contributed by atoms with Crippen molar-refractivity contribution in [3.05, 3.63) is 33.2 Å². The fourth-order valence-corrected chi connectivity index (χ4v) is 3.12. The molecule has 1 aromatic rings. The number of carbonyl (C=O) groups is 1. The minimum Gasteiger partial charge on any atom is -0.336 e. The maximum atomic E-state index is 12.5. The molecule has 1 unspecified atom stereocenters. The fourth-order valence-electron chi connectivity index (χ4n) is 3.12. The van der Waals surface area contributed by atoms with E-state index < -0.39 is 0 Å². The molecule has 0 spiro atoms. The van der Waals surface area contributed by atoms with Gasteiger partial charge >= 0.3 is 0 Å². The number of aromatic nitrogens is 1. The Hall–Kier alpha value is -1.62. The number of hydrogen-bond acceptors (Lipinski definition) is 3. The van der Waals surface area contributed by atoms with Crippen molar-refractivity contribution >= 4 is 5.91 Å². The highest BCUT2D eigenvalue weighted by Crippen LogP contribution is 2.19. The zero-order chi connectivity index (χ0) is 14.1. The van der Waals surface area contributed by atoms with Crippen LogP contribution in [0.5, 0.6) is 0 Å². The van der Waals surface area contributed by atoms with Crippen LogP contribution in [0.25, 0.3) is 0 Å². The predicted octanol–water partition coefficient (Wildman–Crippen LogP) is 0.688. The molecule has 2 heterocycles. The van der Waals surface area contributed by atoms with Gasteiger partial charge in [-0.05, 0) is 44.2 Å². The number of aromatic amines is 1. The Balaban J connectivity index is 1.89. The lowest BCUT2D eigenvalue weighted by Gasteiger charge is -2.32. The maximum absolute atomic E-state index is 12.5. The van der Waals surface area contributed by atoms with Gasteiger partial charge in [0.2, 0.25) is 0 Å². The third-order valence-corrected chi connectivity index (χ3v) is 4.22. The van der Waals surface area contributed by atoms with E-state index in [0.29, 0.717) is 18.7 Å². The van der Waals surface area contributed by atoms with Gasteiger partial charge in [0.25, 0.3) is 11.5 Å². The summed E-state index contributed by atoms with van der Waals surface area (Å²) in [6.07, 6.45) is 4.14. The Bertz CT molecular complexity index is 579. The van der Waals surface area contributed by atoms with Crippen molar-refractivity contribution in [1.29, 1.82) is 0 Å². The van der Waals surface area contributed by atoms with Gasteiger partial charge in [-0.3, -0.25) is 9.59 Å². The number of hydrogen-bond donors (Lipinski definition) is 2. The lowest BCUT2D eigenvalue weighted by atomic mass is 9.95. The molecular weight excluding hydrogens is 254 g/mol. The van der Waals surface area contributed by atoms with Crippen LogP contribution >= 0.6 is 0 Å². The van der Waals surface area contributed by atoms with Crippen molar-refractivity contribution in [1.82, 2.24) is 15.2 Å². The monoisotopic (exact) mass is 275 g/mol. The van der Waals surface area contributed by atoms with Gasteiger partial charge < -0.3 is 15.2 Å². The number of piperazine rings is 1. The number of nitrogens with one attached hydrogen (secondary N) is 2. The number of aryl methyl sites for hydroxylation is 2. The Morgan fingerprint density at radius 1 is 1.35 bits per heavy atom. The number of pyridine rings is 1. The van der Waals surface area contributed by atoms with Gasteiger partial charge in [-0.1, -0.05) is 0 Å². The molecule has 0 bridgehead atoms. The van der Waals surface area contributed by atoms with E-state index >= 15 is 0 Å². The Labute approximate surface area is 118 Å². The standard InChI is InChI=1S/C15H21N3O2/c1-10-9-18(7-6-16-10)15(20)12-8-11-4-2-3-5-13(11)17-14(12)19/h8,10,16H,2-7,9H2,1H3,(H,17,19). The highest BCUT2D eigenvalue weighted by atomic mass is 16.2. The number of amides is 1. The third-order valence-electron chi connectivity index (χ3n) is 4.22. The van der Waals surface area contributed by atoms with Crippen LogP contribution in [-0.2, 0) is 12.8 Å². The quantitative estimate of drug-likeness (QED) is 0.792. The van der Waals surface area contributed by atoms with E-state index in [1.165, 1.54) is 0 Å². The number of nitrogens with zero attached hydrogens (tertiary/aromatic N) is 1. The van der Waals surface area contributed by atoms with Gasteiger partial charge in [0.05, 0.1) is 0 Å². The SMILES string of the molecule is CC1CN(C(=O)c2cc3c([nH]c2=O)CCCC3)CCN1. The molecular formula is C15H21N3O2. The number of carbonyl (C=O) groups excluding carboxylic acids is 1. The highest BCUT2D eigenvalue weighted by molar-refractivity contribution is 5.94. The van der Waals surface area contributed by atoms with Crippen molar-refractivity contribution in [3.63, 3.8) is 0 Å². The van der Waals surface area contributed by atoms with Crippen molar-refractivity contribution in [2.45, 2.75) is 38.6 Å². The number of fused-ring (bicyclic) bond motifs is 1. The van der Waals surface area contributed by atoms with Crippen LogP contribution in [0, 0.1) is 0 Å². The Kier molecular flexibility index (Phi) is 3.61. The summed E-state index contributed by atoms with van der Waals surface area (Å²) in [5.74, 6) is -0.132. The van der Waals surface area contributed by atoms with Crippen molar-refractivity contribution in [2.24, 2.45) is 0 Å². The summed E-state index contributed by atoms with van der Waals surface area (Å²) in [7, 11) is 0. The van der Waals surface area contributed by atoms with Crippen LogP contribution in [0.3, 0.4) is 0 Å². The summed E-state index contributed by atoms with van der Waals surface area (Å²) >= 11 is 0. The molecule has 1 aliphatic carbocycles. The van der Waals surface area contributed by atoms with Crippen molar-refractivity contribution < 1.29 is 4.79 Å². The van der Waals surface area contributed by atoms with Crippen LogP contribution in [0.4, 0.5) is 0 Å². The van der Waals surface area contributed by atoms with Crippen LogP contribution in [-0.4, -0.2) is 41.5 Å². The van der Waals surface area contributed by atoms with Crippen LogP contribution in [0.2, 0.25) is 0 Å². The fraction of sp³-hybridized carbons (Fsp3) is 0.600. The van der Waals surface area contributed by atoms with E-state index in [1.807, 2.05) is 6.07 Å². The summed E-state index contributed by atoms with van der Waals surface area (Å²) in [5, 5.41) is 3.30. The second kappa shape index (κ2) is 5.40. The molecule has 0 aromatic carbocycles. The van der Waals surface area contributed by atoms with Gasteiger partial charge in [-0.25, -0.2) is 0 Å². The van der Waals surface area contributed by atoms with Gasteiger partial charge in [0.1, 0.15) is 5.56 Å². The van der Waals surface area contributed by atoms with E-state index in [9.17, 15) is 9.59 Å². The lowest BCUT2D eigenvalue weighted by molar-refractivity contribution is 0.0707. The zero-order valence-corrected chi connectivity index (χ0v) is 11.9. The van der Waals surface area contributed by atoms with Crippen LogP contribution in [0.1, 0.15) is 41.4 Å². The Morgan fingerprint density at radius 3 is 2.95 bits per heavy atom. The Morgan fingerprint density at radius 2 is 2.15 bits per heavy atom. The normalized spacial score (nSPS) is 22.4. The minimum atomic E-state index is -0.234. The van der Waals surface area contributed by atoms with E-state index in [0.717, 1.165) is 43.5 Å². The molecule has 0 radical (unpaired) electrons. The summed E-state index contributed by atoms with van der Waals surface area (Å²) in [6, 6.07) is 2.10. The van der Waals surface area contributed by atoms with Gasteiger partial charge in [-0.15, -0.1) is 0 Å². The van der Waals surface area contributed by atoms with Gasteiger partial charge in [0.15, 0.2) is 0 Å². The van der Waals surface area contributed by atoms with Crippen molar-refractivity contribution in [2.75, 3.05) is 19.6 Å². The first-order valence-electron chi connectivity index (χ1n) is 7.43. The summed E-state index contributed by atoms with van der Waals surface area (Å²) in [6.45, 7) is 4.17. The topological polar surface area (TPSA) is 65.2 Å². The smallest absolute Gasteiger partial charge is 0.261 e. The number of rotatable bonds is 1. The average Bonchev–Trinajstić information content (AvgIpc) is 2.46. The molecule has 1 fully saturated rings. The second-order valence-electron chi connectivity index (χ2n) is 5.83. The maximum Gasteiger partial charge on any atom is 0.261 e. The second-order valence-corrected chi connectivity index (χ2v) is 5.83. The highest BCUT2D eigenvalue weighted by Gasteiger charge is 2.25. The average molecular weight is 275 g/mol. The summed E-state index contributed by atoms with van der Waals surface area (Å²) in [5.41, 5.74) is 2.23. The minimum absolute atomic E-state index is 0.132. The molecule has 3 rings (SSSR count). The molecule has 1 aliphatic heterocycles. The third kappa shape index (κ3) is 2.50. The van der Waals surface area contributed by atoms with Gasteiger partial charge in [0, 0.05) is 31.4 Å².